The molecular weight excluding hydrogens is 374 g/mol. The molecule has 0 fully saturated rings. The Kier molecular flexibility index (Phi) is 4.83. The quantitative estimate of drug-likeness (QED) is 0.722. The van der Waals surface area contributed by atoms with E-state index in [0.717, 1.165) is 16.9 Å². The second-order valence-corrected chi connectivity index (χ2v) is 7.73. The van der Waals surface area contributed by atoms with E-state index in [1.807, 2.05) is 30.3 Å². The second-order valence-electron chi connectivity index (χ2n) is 6.57. The highest BCUT2D eigenvalue weighted by Crippen LogP contribution is 2.25. The third kappa shape index (κ3) is 3.61. The summed E-state index contributed by atoms with van der Waals surface area (Å²) in [5.74, 6) is 0.406. The molecule has 1 amide bonds. The van der Waals surface area contributed by atoms with Crippen LogP contribution in [0.2, 0.25) is 0 Å². The SMILES string of the molecule is Cc1cccc(C)c1COc1ccc(-c2cnn(C3=CC(=O)NS3=O)c2)cc1. The van der Waals surface area contributed by atoms with Crippen molar-refractivity contribution in [2.75, 3.05) is 0 Å². The Bertz CT molecular complexity index is 1080. The summed E-state index contributed by atoms with van der Waals surface area (Å²) in [5.41, 5.74) is 5.45. The topological polar surface area (TPSA) is 73.2 Å². The van der Waals surface area contributed by atoms with Crippen molar-refractivity contribution in [2.24, 2.45) is 0 Å². The van der Waals surface area contributed by atoms with E-state index in [1.165, 1.54) is 27.4 Å². The third-order valence-corrected chi connectivity index (χ3v) is 5.73. The van der Waals surface area contributed by atoms with Crippen LogP contribution in [-0.4, -0.2) is 19.9 Å². The predicted octanol–water partition coefficient (Wildman–Crippen LogP) is 3.34. The molecule has 0 saturated carbocycles. The van der Waals surface area contributed by atoms with Crippen LogP contribution in [0, 0.1) is 13.8 Å². The van der Waals surface area contributed by atoms with Crippen LogP contribution in [0.1, 0.15) is 16.7 Å². The average molecular weight is 393 g/mol. The fraction of sp³-hybridized carbons (Fsp3) is 0.143. The number of ether oxygens (including phenoxy) is 1. The number of nitrogens with one attached hydrogen (secondary N) is 1. The highest BCUT2D eigenvalue weighted by molar-refractivity contribution is 7.93. The molecular formula is C21H19N3O3S. The number of aromatic nitrogens is 2. The minimum Gasteiger partial charge on any atom is -0.489 e. The van der Waals surface area contributed by atoms with Crippen molar-refractivity contribution >= 4 is 21.9 Å². The van der Waals surface area contributed by atoms with Crippen LogP contribution in [0.3, 0.4) is 0 Å². The Morgan fingerprint density at radius 1 is 1.07 bits per heavy atom. The van der Waals surface area contributed by atoms with Crippen LogP contribution in [0.25, 0.3) is 16.2 Å². The molecule has 6 nitrogen and oxygen atoms in total. The predicted molar refractivity (Wildman–Crippen MR) is 108 cm³/mol. The number of aryl methyl sites for hydroxylation is 2. The molecule has 1 N–H and O–H groups in total. The highest BCUT2D eigenvalue weighted by Gasteiger charge is 2.22. The zero-order valence-corrected chi connectivity index (χ0v) is 16.3. The van der Waals surface area contributed by atoms with Gasteiger partial charge in [-0.05, 0) is 48.2 Å². The maximum Gasteiger partial charge on any atom is 0.258 e. The van der Waals surface area contributed by atoms with E-state index in [9.17, 15) is 9.00 Å². The van der Waals surface area contributed by atoms with E-state index in [4.69, 9.17) is 4.74 Å². The molecule has 0 spiro atoms. The molecule has 1 aromatic heterocycles. The van der Waals surface area contributed by atoms with Crippen molar-refractivity contribution < 1.29 is 13.7 Å². The Hall–Kier alpha value is -3.19. The number of amides is 1. The lowest BCUT2D eigenvalue weighted by molar-refractivity contribution is -0.114. The minimum absolute atomic E-state index is 0.324. The summed E-state index contributed by atoms with van der Waals surface area (Å²) in [6.45, 7) is 4.70. The van der Waals surface area contributed by atoms with Crippen molar-refractivity contribution in [3.63, 3.8) is 0 Å². The number of carbonyl (C=O) groups excluding carboxylic acids is 1. The number of rotatable bonds is 5. The van der Waals surface area contributed by atoms with Gasteiger partial charge in [-0.1, -0.05) is 30.3 Å². The van der Waals surface area contributed by atoms with E-state index >= 15 is 0 Å². The Labute approximate surface area is 165 Å². The van der Waals surface area contributed by atoms with Gasteiger partial charge in [-0.25, -0.2) is 8.89 Å². The first kappa shape index (κ1) is 18.2. The molecule has 1 atom stereocenters. The molecule has 1 aliphatic rings. The van der Waals surface area contributed by atoms with Gasteiger partial charge in [0.1, 0.15) is 12.4 Å². The fourth-order valence-corrected chi connectivity index (χ4v) is 3.89. The van der Waals surface area contributed by atoms with Crippen LogP contribution < -0.4 is 9.46 Å². The molecule has 4 rings (SSSR count). The summed E-state index contributed by atoms with van der Waals surface area (Å²) in [6, 6.07) is 13.9. The normalized spacial score (nSPS) is 16.0. The molecule has 142 valence electrons. The lowest BCUT2D eigenvalue weighted by atomic mass is 10.0. The fourth-order valence-electron chi connectivity index (χ4n) is 3.06. The lowest BCUT2D eigenvalue weighted by Crippen LogP contribution is -2.17. The van der Waals surface area contributed by atoms with Gasteiger partial charge in [-0.2, -0.15) is 5.10 Å². The van der Waals surface area contributed by atoms with Crippen LogP contribution in [0.5, 0.6) is 5.75 Å². The van der Waals surface area contributed by atoms with Gasteiger partial charge < -0.3 is 4.74 Å². The van der Waals surface area contributed by atoms with Crippen molar-refractivity contribution in [2.45, 2.75) is 20.5 Å². The summed E-state index contributed by atoms with van der Waals surface area (Å²) >= 11 is 0. The Morgan fingerprint density at radius 3 is 2.43 bits per heavy atom. The standard InChI is InChI=1S/C21H19N3O3S/c1-14-4-3-5-15(2)19(14)13-27-18-8-6-16(7-9-18)17-11-22-24(12-17)21-10-20(25)23-28(21)26/h3-12H,13H2,1-2H3,(H,23,25). The van der Waals surface area contributed by atoms with Crippen LogP contribution in [-0.2, 0) is 22.4 Å². The molecule has 7 heteroatoms. The number of hydrogen-bond acceptors (Lipinski definition) is 4. The van der Waals surface area contributed by atoms with Crippen molar-refractivity contribution in [3.8, 4) is 16.9 Å². The van der Waals surface area contributed by atoms with Gasteiger partial charge in [-0.3, -0.25) is 9.52 Å². The van der Waals surface area contributed by atoms with Crippen LogP contribution >= 0.6 is 0 Å². The molecule has 3 aromatic rings. The van der Waals surface area contributed by atoms with Gasteiger partial charge in [0.15, 0.2) is 16.0 Å². The molecule has 0 bridgehead atoms. The third-order valence-electron chi connectivity index (χ3n) is 4.66. The lowest BCUT2D eigenvalue weighted by Gasteiger charge is -2.11. The first-order chi connectivity index (χ1) is 13.5. The zero-order chi connectivity index (χ0) is 19.7. The smallest absolute Gasteiger partial charge is 0.258 e. The maximum atomic E-state index is 11.8. The van der Waals surface area contributed by atoms with Crippen molar-refractivity contribution in [1.29, 1.82) is 0 Å². The summed E-state index contributed by atoms with van der Waals surface area (Å²) in [7, 11) is -1.57. The second kappa shape index (κ2) is 7.44. The summed E-state index contributed by atoms with van der Waals surface area (Å²) in [4.78, 5) is 11.3. The minimum atomic E-state index is -1.57. The van der Waals surface area contributed by atoms with Gasteiger partial charge in [0.25, 0.3) is 5.91 Å². The van der Waals surface area contributed by atoms with Crippen molar-refractivity contribution in [1.82, 2.24) is 14.5 Å². The number of benzene rings is 2. The zero-order valence-electron chi connectivity index (χ0n) is 15.5. The maximum absolute atomic E-state index is 11.8. The number of carbonyl (C=O) groups is 1. The number of nitrogens with zero attached hydrogens (tertiary/aromatic N) is 2. The molecule has 1 unspecified atom stereocenters. The first-order valence-electron chi connectivity index (χ1n) is 8.79. The summed E-state index contributed by atoms with van der Waals surface area (Å²) < 4.78 is 21.6. The van der Waals surface area contributed by atoms with Gasteiger partial charge >= 0.3 is 0 Å². The summed E-state index contributed by atoms with van der Waals surface area (Å²) in [6.07, 6.45) is 4.71. The Morgan fingerprint density at radius 2 is 1.79 bits per heavy atom. The highest BCUT2D eigenvalue weighted by atomic mass is 32.2. The van der Waals surface area contributed by atoms with Gasteiger partial charge in [0, 0.05) is 17.8 Å². The molecule has 0 aliphatic carbocycles. The van der Waals surface area contributed by atoms with Gasteiger partial charge in [0.2, 0.25) is 0 Å². The average Bonchev–Trinajstić information content (AvgIpc) is 3.28. The van der Waals surface area contributed by atoms with E-state index in [-0.39, 0.29) is 5.91 Å². The molecule has 0 radical (unpaired) electrons. The number of hydrogen-bond donors (Lipinski definition) is 1. The summed E-state index contributed by atoms with van der Waals surface area (Å²) in [5, 5.41) is 4.53. The molecule has 1 aliphatic heterocycles. The van der Waals surface area contributed by atoms with E-state index in [2.05, 4.69) is 35.8 Å². The molecule has 2 heterocycles. The van der Waals surface area contributed by atoms with Gasteiger partial charge in [0.05, 0.1) is 6.20 Å². The first-order valence-corrected chi connectivity index (χ1v) is 9.94. The van der Waals surface area contributed by atoms with E-state index in [1.54, 1.807) is 12.4 Å². The van der Waals surface area contributed by atoms with Crippen molar-refractivity contribution in [3.05, 3.63) is 77.6 Å². The van der Waals surface area contributed by atoms with Crippen LogP contribution in [0.4, 0.5) is 0 Å². The Balaban J connectivity index is 1.47. The van der Waals surface area contributed by atoms with E-state index < -0.39 is 11.0 Å². The monoisotopic (exact) mass is 393 g/mol. The van der Waals surface area contributed by atoms with Gasteiger partial charge in [-0.15, -0.1) is 0 Å². The van der Waals surface area contributed by atoms with Crippen LogP contribution in [0.15, 0.2) is 60.9 Å². The van der Waals surface area contributed by atoms with E-state index in [0.29, 0.717) is 11.6 Å². The molecule has 0 saturated heterocycles. The largest absolute Gasteiger partial charge is 0.489 e. The molecule has 28 heavy (non-hydrogen) atoms. The molecule has 2 aromatic carbocycles.